The number of rotatable bonds is 3. The molecule has 0 aliphatic carbocycles. The van der Waals surface area contributed by atoms with Crippen LogP contribution in [-0.4, -0.2) is 20.9 Å². The van der Waals surface area contributed by atoms with Crippen molar-refractivity contribution in [2.75, 3.05) is 5.32 Å². The van der Waals surface area contributed by atoms with Crippen LogP contribution in [0.1, 0.15) is 10.4 Å². The lowest BCUT2D eigenvalue weighted by molar-refractivity contribution is 0.102. The quantitative estimate of drug-likeness (QED) is 0.515. The van der Waals surface area contributed by atoms with Crippen molar-refractivity contribution < 1.29 is 4.79 Å². The van der Waals surface area contributed by atoms with Gasteiger partial charge in [-0.1, -0.05) is 35.3 Å². The lowest BCUT2D eigenvalue weighted by atomic mass is 10.1. The minimum atomic E-state index is -0.301. The van der Waals surface area contributed by atoms with E-state index in [0.29, 0.717) is 32.5 Å². The van der Waals surface area contributed by atoms with Crippen LogP contribution in [0.25, 0.3) is 22.3 Å². The first-order valence-electron chi connectivity index (χ1n) is 8.05. The summed E-state index contributed by atoms with van der Waals surface area (Å²) < 4.78 is 0. The van der Waals surface area contributed by atoms with Crippen molar-refractivity contribution in [2.24, 2.45) is 0 Å². The predicted molar refractivity (Wildman–Crippen MR) is 107 cm³/mol. The number of anilines is 1. The number of halogens is 2. The van der Waals surface area contributed by atoms with Crippen LogP contribution in [0.5, 0.6) is 0 Å². The van der Waals surface area contributed by atoms with Gasteiger partial charge in [0.05, 0.1) is 11.2 Å². The number of nitrogens with one attached hydrogen (secondary N) is 1. The zero-order valence-electron chi connectivity index (χ0n) is 13.9. The number of nitrogens with zero attached hydrogens (tertiary/aromatic N) is 3. The standard InChI is InChI=1S/C20H12Cl2N4O/c21-14-5-1-12(2-6-14)16-9-10-17-18(25-16)19(24-11-23-17)26-20(27)13-3-7-15(22)8-4-13/h1-11H,(H,23,24,26,27). The Hall–Kier alpha value is -3.02. The Labute approximate surface area is 165 Å². The second-order valence-corrected chi connectivity index (χ2v) is 6.63. The molecule has 0 radical (unpaired) electrons. The number of hydrogen-bond donors (Lipinski definition) is 1. The number of amides is 1. The van der Waals surface area contributed by atoms with Gasteiger partial charge in [-0.05, 0) is 48.5 Å². The third kappa shape index (κ3) is 3.74. The molecule has 0 saturated heterocycles. The summed E-state index contributed by atoms with van der Waals surface area (Å²) in [6.07, 6.45) is 1.39. The number of fused-ring (bicyclic) bond motifs is 1. The highest BCUT2D eigenvalue weighted by molar-refractivity contribution is 6.31. The first-order valence-corrected chi connectivity index (χ1v) is 8.80. The molecule has 0 saturated carbocycles. The smallest absolute Gasteiger partial charge is 0.256 e. The molecule has 0 unspecified atom stereocenters. The Morgan fingerprint density at radius 3 is 2.19 bits per heavy atom. The largest absolute Gasteiger partial charge is 0.305 e. The molecular weight excluding hydrogens is 383 g/mol. The van der Waals surface area contributed by atoms with Gasteiger partial charge in [-0.15, -0.1) is 0 Å². The van der Waals surface area contributed by atoms with Gasteiger partial charge in [0.1, 0.15) is 11.8 Å². The summed E-state index contributed by atoms with van der Waals surface area (Å²) in [4.78, 5) is 25.5. The van der Waals surface area contributed by atoms with E-state index in [9.17, 15) is 4.79 Å². The van der Waals surface area contributed by atoms with E-state index in [4.69, 9.17) is 23.2 Å². The first kappa shape index (κ1) is 17.4. The molecule has 1 N–H and O–H groups in total. The van der Waals surface area contributed by atoms with E-state index in [1.165, 1.54) is 6.33 Å². The predicted octanol–water partition coefficient (Wildman–Crippen LogP) is 5.25. The van der Waals surface area contributed by atoms with Gasteiger partial charge in [0.2, 0.25) is 0 Å². The zero-order chi connectivity index (χ0) is 18.8. The Bertz CT molecular complexity index is 1130. The van der Waals surface area contributed by atoms with Crippen molar-refractivity contribution in [3.8, 4) is 11.3 Å². The van der Waals surface area contributed by atoms with Crippen molar-refractivity contribution in [3.63, 3.8) is 0 Å². The summed E-state index contributed by atoms with van der Waals surface area (Å²) in [5, 5.41) is 4.01. The summed E-state index contributed by atoms with van der Waals surface area (Å²) in [5.41, 5.74) is 3.25. The number of aromatic nitrogens is 3. The minimum Gasteiger partial charge on any atom is -0.305 e. The number of benzene rings is 2. The molecule has 132 valence electrons. The molecule has 4 rings (SSSR count). The highest BCUT2D eigenvalue weighted by Crippen LogP contribution is 2.24. The van der Waals surface area contributed by atoms with Crippen molar-refractivity contribution in [3.05, 3.63) is 82.6 Å². The van der Waals surface area contributed by atoms with Crippen molar-refractivity contribution in [1.82, 2.24) is 15.0 Å². The second kappa shape index (κ2) is 7.31. The lowest BCUT2D eigenvalue weighted by Crippen LogP contribution is -2.13. The maximum atomic E-state index is 12.5. The first-order chi connectivity index (χ1) is 13.1. The van der Waals surface area contributed by atoms with E-state index in [-0.39, 0.29) is 5.91 Å². The number of pyridine rings is 1. The summed E-state index contributed by atoms with van der Waals surface area (Å²) in [6.45, 7) is 0. The van der Waals surface area contributed by atoms with E-state index in [1.54, 1.807) is 36.4 Å². The van der Waals surface area contributed by atoms with E-state index in [2.05, 4.69) is 20.3 Å². The Balaban J connectivity index is 1.72. The number of carbonyl (C=O) groups is 1. The summed E-state index contributed by atoms with van der Waals surface area (Å²) in [7, 11) is 0. The Kier molecular flexibility index (Phi) is 4.71. The molecule has 0 fully saturated rings. The van der Waals surface area contributed by atoms with Crippen LogP contribution in [0.4, 0.5) is 5.82 Å². The molecule has 0 atom stereocenters. The van der Waals surface area contributed by atoms with Crippen LogP contribution < -0.4 is 5.32 Å². The highest BCUT2D eigenvalue weighted by atomic mass is 35.5. The van der Waals surface area contributed by atoms with Gasteiger partial charge in [-0.2, -0.15) is 0 Å². The van der Waals surface area contributed by atoms with E-state index in [1.807, 2.05) is 24.3 Å². The van der Waals surface area contributed by atoms with Gasteiger partial charge in [0.25, 0.3) is 5.91 Å². The van der Waals surface area contributed by atoms with Gasteiger partial charge < -0.3 is 5.32 Å². The number of hydrogen-bond acceptors (Lipinski definition) is 4. The van der Waals surface area contributed by atoms with Crippen LogP contribution in [0.15, 0.2) is 67.0 Å². The monoisotopic (exact) mass is 394 g/mol. The summed E-state index contributed by atoms with van der Waals surface area (Å²) in [6, 6.07) is 17.7. The SMILES string of the molecule is O=C(Nc1ncnc2ccc(-c3ccc(Cl)cc3)nc12)c1ccc(Cl)cc1. The zero-order valence-corrected chi connectivity index (χ0v) is 15.4. The van der Waals surface area contributed by atoms with E-state index < -0.39 is 0 Å². The van der Waals surface area contributed by atoms with Crippen LogP contribution in [0.3, 0.4) is 0 Å². The molecule has 0 bridgehead atoms. The maximum Gasteiger partial charge on any atom is 0.256 e. The second-order valence-electron chi connectivity index (χ2n) is 5.75. The number of carbonyl (C=O) groups excluding carboxylic acids is 1. The van der Waals surface area contributed by atoms with Crippen molar-refractivity contribution in [2.45, 2.75) is 0 Å². The molecule has 2 aromatic heterocycles. The molecule has 0 aliphatic heterocycles. The Morgan fingerprint density at radius 2 is 1.48 bits per heavy atom. The minimum absolute atomic E-state index is 0.301. The fourth-order valence-electron chi connectivity index (χ4n) is 2.59. The van der Waals surface area contributed by atoms with Crippen LogP contribution in [0.2, 0.25) is 10.0 Å². The summed E-state index contributed by atoms with van der Waals surface area (Å²) in [5.74, 6) is 0.0427. The normalized spacial score (nSPS) is 10.7. The average Bonchev–Trinajstić information content (AvgIpc) is 2.69. The maximum absolute atomic E-state index is 12.5. The Morgan fingerprint density at radius 1 is 0.815 bits per heavy atom. The van der Waals surface area contributed by atoms with Gasteiger partial charge in [-0.3, -0.25) is 4.79 Å². The van der Waals surface area contributed by atoms with Crippen LogP contribution in [-0.2, 0) is 0 Å². The third-order valence-electron chi connectivity index (χ3n) is 3.96. The molecular formula is C20H12Cl2N4O. The van der Waals surface area contributed by atoms with E-state index >= 15 is 0 Å². The average molecular weight is 395 g/mol. The van der Waals surface area contributed by atoms with Crippen molar-refractivity contribution >= 4 is 46.0 Å². The molecule has 27 heavy (non-hydrogen) atoms. The molecule has 0 spiro atoms. The third-order valence-corrected chi connectivity index (χ3v) is 4.46. The van der Waals surface area contributed by atoms with E-state index in [0.717, 1.165) is 11.3 Å². The van der Waals surface area contributed by atoms with Gasteiger partial charge in [-0.25, -0.2) is 15.0 Å². The summed E-state index contributed by atoms with van der Waals surface area (Å²) >= 11 is 11.8. The molecule has 0 aliphatic rings. The van der Waals surface area contributed by atoms with Gasteiger partial charge >= 0.3 is 0 Å². The fourth-order valence-corrected chi connectivity index (χ4v) is 2.85. The molecule has 2 aromatic carbocycles. The molecule has 7 heteroatoms. The lowest BCUT2D eigenvalue weighted by Gasteiger charge is -2.08. The molecule has 1 amide bonds. The van der Waals surface area contributed by atoms with Gasteiger partial charge in [0, 0.05) is 21.2 Å². The fraction of sp³-hybridized carbons (Fsp3) is 0. The van der Waals surface area contributed by atoms with Gasteiger partial charge in [0.15, 0.2) is 5.82 Å². The van der Waals surface area contributed by atoms with Crippen molar-refractivity contribution in [1.29, 1.82) is 0 Å². The molecule has 5 nitrogen and oxygen atoms in total. The topological polar surface area (TPSA) is 67.8 Å². The molecule has 4 aromatic rings. The van der Waals surface area contributed by atoms with Crippen LogP contribution >= 0.6 is 23.2 Å². The highest BCUT2D eigenvalue weighted by Gasteiger charge is 2.12. The van der Waals surface area contributed by atoms with Crippen LogP contribution in [0, 0.1) is 0 Å². The molecule has 2 heterocycles.